The number of rotatable bonds is 7. The summed E-state index contributed by atoms with van der Waals surface area (Å²) in [6.07, 6.45) is 0. The maximum Gasteiger partial charge on any atom is 0.359 e. The first-order valence-electron chi connectivity index (χ1n) is 10.4. The Hall–Kier alpha value is -4.17. The molecule has 0 atom stereocenters. The van der Waals surface area contributed by atoms with Gasteiger partial charge in [-0.1, -0.05) is 41.9 Å². The lowest BCUT2D eigenvalue weighted by molar-refractivity contribution is -0.119. The fraction of sp³-hybridized carbons (Fsp3) is 0.120. The van der Waals surface area contributed by atoms with Gasteiger partial charge in [0.2, 0.25) is 0 Å². The van der Waals surface area contributed by atoms with Crippen molar-refractivity contribution in [3.05, 3.63) is 94.9 Å². The molecule has 2 aromatic heterocycles. The van der Waals surface area contributed by atoms with Crippen LogP contribution in [0.25, 0.3) is 5.82 Å². The lowest BCUT2D eigenvalue weighted by atomic mass is 10.3. The third kappa shape index (κ3) is 5.41. The highest BCUT2D eigenvalue weighted by Gasteiger charge is 2.18. The Balaban J connectivity index is 1.42. The maximum atomic E-state index is 12.6. The van der Waals surface area contributed by atoms with Crippen LogP contribution in [0, 0.1) is 13.8 Å². The van der Waals surface area contributed by atoms with Gasteiger partial charge in [0.25, 0.3) is 5.91 Å². The number of pyridine rings is 1. The minimum atomic E-state index is -0.822. The first kappa shape index (κ1) is 23.0. The minimum Gasteiger partial charge on any atom is -0.455 e. The Bertz CT molecular complexity index is 1340. The van der Waals surface area contributed by atoms with Crippen LogP contribution in [0.4, 0.5) is 5.69 Å². The molecule has 0 saturated heterocycles. The molecule has 0 aliphatic heterocycles. The van der Waals surface area contributed by atoms with Crippen LogP contribution in [0.1, 0.15) is 21.9 Å². The molecule has 172 valence electrons. The second-order valence-corrected chi connectivity index (χ2v) is 7.78. The molecule has 0 saturated carbocycles. The van der Waals surface area contributed by atoms with Crippen molar-refractivity contribution in [1.29, 1.82) is 0 Å². The standard InChI is InChI=1S/C25H21ClN4O4/c1-16-14-17(2)30(29-16)22-13-12-19(26)24(28-22)25(32)33-15-23(31)27-20-10-6-7-11-21(20)34-18-8-4-3-5-9-18/h3-14H,15H2,1-2H3,(H,27,31). The molecule has 4 aromatic rings. The number of hydrogen-bond acceptors (Lipinski definition) is 6. The largest absolute Gasteiger partial charge is 0.455 e. The van der Waals surface area contributed by atoms with E-state index in [4.69, 9.17) is 21.1 Å². The third-order valence-corrected chi connectivity index (χ3v) is 5.02. The highest BCUT2D eigenvalue weighted by atomic mass is 35.5. The fourth-order valence-corrected chi connectivity index (χ4v) is 3.40. The molecule has 1 N–H and O–H groups in total. The topological polar surface area (TPSA) is 95.3 Å². The summed E-state index contributed by atoms with van der Waals surface area (Å²) in [7, 11) is 0. The molecule has 0 aliphatic carbocycles. The number of esters is 1. The van der Waals surface area contributed by atoms with Gasteiger partial charge in [-0.25, -0.2) is 14.5 Å². The number of para-hydroxylation sites is 3. The molecule has 4 rings (SSSR count). The van der Waals surface area contributed by atoms with Crippen molar-refractivity contribution in [2.24, 2.45) is 0 Å². The molecule has 1 amide bonds. The van der Waals surface area contributed by atoms with Crippen LogP contribution in [0.5, 0.6) is 11.5 Å². The molecule has 2 heterocycles. The lowest BCUT2D eigenvalue weighted by Crippen LogP contribution is -2.22. The highest BCUT2D eigenvalue weighted by Crippen LogP contribution is 2.29. The monoisotopic (exact) mass is 476 g/mol. The number of benzene rings is 2. The number of hydrogen-bond donors (Lipinski definition) is 1. The summed E-state index contributed by atoms with van der Waals surface area (Å²) >= 11 is 6.16. The van der Waals surface area contributed by atoms with Crippen LogP contribution in [-0.2, 0) is 9.53 Å². The first-order chi connectivity index (χ1) is 16.4. The SMILES string of the molecule is Cc1cc(C)n(-c2ccc(Cl)c(C(=O)OCC(=O)Nc3ccccc3Oc3ccccc3)n2)n1. The zero-order valence-electron chi connectivity index (χ0n) is 18.5. The van der Waals surface area contributed by atoms with E-state index in [0.29, 0.717) is 23.0 Å². The number of nitrogens with one attached hydrogen (secondary N) is 1. The highest BCUT2D eigenvalue weighted by molar-refractivity contribution is 6.33. The molecule has 0 unspecified atom stereocenters. The molecular weight excluding hydrogens is 456 g/mol. The van der Waals surface area contributed by atoms with Gasteiger partial charge in [0.1, 0.15) is 5.75 Å². The van der Waals surface area contributed by atoms with Crippen LogP contribution < -0.4 is 10.1 Å². The van der Waals surface area contributed by atoms with Gasteiger partial charge >= 0.3 is 5.97 Å². The van der Waals surface area contributed by atoms with Gasteiger partial charge in [-0.2, -0.15) is 5.10 Å². The average Bonchev–Trinajstić information content (AvgIpc) is 3.17. The molecule has 2 aromatic carbocycles. The summed E-state index contributed by atoms with van der Waals surface area (Å²) in [6.45, 7) is 3.20. The van der Waals surface area contributed by atoms with Crippen molar-refractivity contribution in [1.82, 2.24) is 14.8 Å². The first-order valence-corrected chi connectivity index (χ1v) is 10.8. The van der Waals surface area contributed by atoms with E-state index in [0.717, 1.165) is 11.4 Å². The van der Waals surface area contributed by atoms with Crippen molar-refractivity contribution in [3.63, 3.8) is 0 Å². The van der Waals surface area contributed by atoms with Crippen LogP contribution in [0.2, 0.25) is 5.02 Å². The normalized spacial score (nSPS) is 10.6. The number of anilines is 1. The van der Waals surface area contributed by atoms with E-state index in [-0.39, 0.29) is 10.7 Å². The second-order valence-electron chi connectivity index (χ2n) is 7.37. The minimum absolute atomic E-state index is 0.104. The summed E-state index contributed by atoms with van der Waals surface area (Å²) in [4.78, 5) is 29.3. The van der Waals surface area contributed by atoms with Crippen LogP contribution >= 0.6 is 11.6 Å². The van der Waals surface area contributed by atoms with Crippen molar-refractivity contribution in [3.8, 4) is 17.3 Å². The predicted octanol–water partition coefficient (Wildman–Crippen LogP) is 5.13. The van der Waals surface area contributed by atoms with Crippen molar-refractivity contribution < 1.29 is 19.1 Å². The second kappa shape index (κ2) is 10.2. The van der Waals surface area contributed by atoms with Crippen LogP contribution in [0.15, 0.2) is 72.8 Å². The van der Waals surface area contributed by atoms with E-state index >= 15 is 0 Å². The quantitative estimate of drug-likeness (QED) is 0.372. The van der Waals surface area contributed by atoms with Crippen LogP contribution in [0.3, 0.4) is 0 Å². The smallest absolute Gasteiger partial charge is 0.359 e. The van der Waals surface area contributed by atoms with Crippen molar-refractivity contribution >= 4 is 29.2 Å². The summed E-state index contributed by atoms with van der Waals surface area (Å²) in [6, 6.07) is 21.2. The Labute approximate surface area is 201 Å². The number of nitrogens with zero attached hydrogens (tertiary/aromatic N) is 3. The number of aryl methyl sites for hydroxylation is 2. The summed E-state index contributed by atoms with van der Waals surface area (Å²) in [5.74, 6) is 0.133. The van der Waals surface area contributed by atoms with Crippen molar-refractivity contribution in [2.75, 3.05) is 11.9 Å². The molecule has 0 fully saturated rings. The molecule has 0 bridgehead atoms. The zero-order chi connectivity index (χ0) is 24.1. The Kier molecular flexibility index (Phi) is 6.89. The third-order valence-electron chi connectivity index (χ3n) is 4.72. The number of carbonyl (C=O) groups excluding carboxylic acids is 2. The fourth-order valence-electron chi connectivity index (χ4n) is 3.21. The van der Waals surface area contributed by atoms with E-state index in [1.54, 1.807) is 47.1 Å². The maximum absolute atomic E-state index is 12.6. The van der Waals surface area contributed by atoms with E-state index in [1.165, 1.54) is 6.07 Å². The molecule has 9 heteroatoms. The summed E-state index contributed by atoms with van der Waals surface area (Å²) < 4.78 is 12.6. The van der Waals surface area contributed by atoms with Gasteiger partial charge in [-0.05, 0) is 56.3 Å². The van der Waals surface area contributed by atoms with Gasteiger partial charge in [-0.3, -0.25) is 4.79 Å². The molecule has 8 nitrogen and oxygen atoms in total. The summed E-state index contributed by atoms with van der Waals surface area (Å²) in [5, 5.41) is 7.15. The van der Waals surface area contributed by atoms with Crippen LogP contribution in [-0.4, -0.2) is 33.2 Å². The number of amides is 1. The predicted molar refractivity (Wildman–Crippen MR) is 128 cm³/mol. The van der Waals surface area contributed by atoms with Gasteiger partial charge in [0, 0.05) is 5.69 Å². The molecule has 0 radical (unpaired) electrons. The number of aromatic nitrogens is 3. The zero-order valence-corrected chi connectivity index (χ0v) is 19.2. The molecule has 0 spiro atoms. The van der Waals surface area contributed by atoms with Gasteiger partial charge in [-0.15, -0.1) is 0 Å². The Morgan fingerprint density at radius 2 is 1.74 bits per heavy atom. The molecular formula is C25H21ClN4O4. The molecule has 34 heavy (non-hydrogen) atoms. The molecule has 0 aliphatic rings. The Morgan fingerprint density at radius 3 is 2.47 bits per heavy atom. The number of ether oxygens (including phenoxy) is 2. The number of halogens is 1. The van der Waals surface area contributed by atoms with Crippen molar-refractivity contribution in [2.45, 2.75) is 13.8 Å². The van der Waals surface area contributed by atoms with Gasteiger partial charge in [0.05, 0.1) is 16.4 Å². The van der Waals surface area contributed by atoms with E-state index < -0.39 is 18.5 Å². The lowest BCUT2D eigenvalue weighted by Gasteiger charge is -2.12. The number of carbonyl (C=O) groups is 2. The Morgan fingerprint density at radius 1 is 1.00 bits per heavy atom. The van der Waals surface area contributed by atoms with E-state index in [9.17, 15) is 9.59 Å². The average molecular weight is 477 g/mol. The summed E-state index contributed by atoms with van der Waals surface area (Å²) in [5.41, 5.74) is 2.00. The van der Waals surface area contributed by atoms with E-state index in [2.05, 4.69) is 15.4 Å². The van der Waals surface area contributed by atoms with Gasteiger partial charge < -0.3 is 14.8 Å². The van der Waals surface area contributed by atoms with Gasteiger partial charge in [0.15, 0.2) is 23.9 Å². The van der Waals surface area contributed by atoms with E-state index in [1.807, 2.05) is 38.1 Å².